The lowest BCUT2D eigenvalue weighted by molar-refractivity contribution is 0.0946. The van der Waals surface area contributed by atoms with Crippen molar-refractivity contribution in [3.05, 3.63) is 59.1 Å². The molecule has 0 aliphatic rings. The molecule has 4 rings (SSSR count). The van der Waals surface area contributed by atoms with Crippen LogP contribution in [0.2, 0.25) is 5.02 Å². The number of halogens is 1. The van der Waals surface area contributed by atoms with Gasteiger partial charge in [-0.2, -0.15) is 0 Å². The summed E-state index contributed by atoms with van der Waals surface area (Å²) in [5.74, 6) is -0.00349. The number of carbonyl (C=O) groups is 1. The van der Waals surface area contributed by atoms with Crippen LogP contribution in [0.25, 0.3) is 27.9 Å². The van der Waals surface area contributed by atoms with Gasteiger partial charge in [-0.05, 0) is 49.7 Å². The lowest BCUT2D eigenvalue weighted by Crippen LogP contribution is -2.26. The summed E-state index contributed by atoms with van der Waals surface area (Å²) < 4.78 is 7.06. The molecule has 0 saturated heterocycles. The van der Waals surface area contributed by atoms with Gasteiger partial charge in [-0.15, -0.1) is 0 Å². The molecule has 0 spiro atoms. The molecule has 2 aromatic heterocycles. The fraction of sp³-hybridized carbons (Fsp3) is 0.227. The number of para-hydroxylation sites is 2. The predicted molar refractivity (Wildman–Crippen MR) is 119 cm³/mol. The molecule has 0 aliphatic heterocycles. The van der Waals surface area contributed by atoms with E-state index in [1.807, 2.05) is 43.3 Å². The summed E-state index contributed by atoms with van der Waals surface area (Å²) >= 11 is 6.04. The van der Waals surface area contributed by atoms with Gasteiger partial charge in [0.2, 0.25) is 0 Å². The van der Waals surface area contributed by atoms with Crippen LogP contribution in [-0.4, -0.2) is 40.2 Å². The molecule has 1 amide bonds. The summed E-state index contributed by atoms with van der Waals surface area (Å²) in [6.07, 6.45) is 0.712. The van der Waals surface area contributed by atoms with Gasteiger partial charge in [0, 0.05) is 30.5 Å². The summed E-state index contributed by atoms with van der Waals surface area (Å²) in [5.41, 5.74) is 9.94. The quantitative estimate of drug-likeness (QED) is 0.438. The first-order valence-electron chi connectivity index (χ1n) is 9.78. The second-order valence-electron chi connectivity index (χ2n) is 6.76. The molecule has 0 atom stereocenters. The van der Waals surface area contributed by atoms with Crippen molar-refractivity contribution >= 4 is 45.5 Å². The average molecular weight is 424 g/mol. The van der Waals surface area contributed by atoms with Crippen molar-refractivity contribution in [1.29, 1.82) is 0 Å². The Balaban J connectivity index is 1.82. The number of anilines is 1. The number of nitrogen functional groups attached to an aromatic ring is 1. The van der Waals surface area contributed by atoms with Crippen LogP contribution in [0.15, 0.2) is 48.5 Å². The van der Waals surface area contributed by atoms with Crippen LogP contribution in [0.1, 0.15) is 23.7 Å². The summed E-state index contributed by atoms with van der Waals surface area (Å²) in [5, 5.41) is 3.52. The number of fused-ring (bicyclic) bond motifs is 2. The summed E-state index contributed by atoms with van der Waals surface area (Å²) in [6.45, 7) is 3.65. The number of nitrogens with zero attached hydrogens (tertiary/aromatic N) is 3. The number of hydrogen-bond acceptors (Lipinski definition) is 5. The van der Waals surface area contributed by atoms with E-state index < -0.39 is 0 Å². The highest BCUT2D eigenvalue weighted by atomic mass is 35.5. The van der Waals surface area contributed by atoms with E-state index in [1.165, 1.54) is 0 Å². The third-order valence-electron chi connectivity index (χ3n) is 4.76. The lowest BCUT2D eigenvalue weighted by Gasteiger charge is -2.08. The van der Waals surface area contributed by atoms with Gasteiger partial charge in [0.15, 0.2) is 5.65 Å². The van der Waals surface area contributed by atoms with E-state index in [0.29, 0.717) is 53.4 Å². The maximum Gasteiger partial charge on any atom is 0.257 e. The van der Waals surface area contributed by atoms with Crippen LogP contribution in [-0.2, 0) is 4.74 Å². The summed E-state index contributed by atoms with van der Waals surface area (Å²) in [7, 11) is 0. The Morgan fingerprint density at radius 1 is 1.13 bits per heavy atom. The molecule has 2 heterocycles. The number of ether oxygens (including phenoxy) is 1. The Labute approximate surface area is 178 Å². The van der Waals surface area contributed by atoms with Gasteiger partial charge in [-0.1, -0.05) is 23.7 Å². The first-order valence-corrected chi connectivity index (χ1v) is 10.2. The molecule has 154 valence electrons. The fourth-order valence-corrected chi connectivity index (χ4v) is 3.47. The molecule has 0 fully saturated rings. The third kappa shape index (κ3) is 3.81. The highest BCUT2D eigenvalue weighted by Crippen LogP contribution is 2.31. The number of hydrogen-bond donors (Lipinski definition) is 2. The zero-order valence-corrected chi connectivity index (χ0v) is 17.3. The number of benzene rings is 2. The standard InChI is InChI=1S/C22H22ClN5O2/c1-2-30-13-5-12-25-22(29)18-19-21(27-17-7-4-3-6-16(17)26-19)28(20(18)24)15-10-8-14(23)9-11-15/h3-4,6-11H,2,5,12-13,24H2,1H3,(H,25,29). The van der Waals surface area contributed by atoms with E-state index in [4.69, 9.17) is 32.0 Å². The molecule has 0 radical (unpaired) electrons. The molecule has 0 aliphatic carbocycles. The largest absolute Gasteiger partial charge is 0.384 e. The van der Waals surface area contributed by atoms with Crippen molar-refractivity contribution in [2.24, 2.45) is 0 Å². The second-order valence-corrected chi connectivity index (χ2v) is 7.20. The SMILES string of the molecule is CCOCCCNC(=O)c1c(N)n(-c2ccc(Cl)cc2)c2nc3ccccc3nc12. The minimum absolute atomic E-state index is 0.282. The van der Waals surface area contributed by atoms with Crippen LogP contribution < -0.4 is 11.1 Å². The number of amides is 1. The van der Waals surface area contributed by atoms with Gasteiger partial charge in [-0.3, -0.25) is 9.36 Å². The Bertz CT molecular complexity index is 1200. The highest BCUT2D eigenvalue weighted by molar-refractivity contribution is 6.30. The highest BCUT2D eigenvalue weighted by Gasteiger charge is 2.24. The molecular weight excluding hydrogens is 402 g/mol. The van der Waals surface area contributed by atoms with Gasteiger partial charge < -0.3 is 15.8 Å². The van der Waals surface area contributed by atoms with Gasteiger partial charge in [-0.25, -0.2) is 9.97 Å². The van der Waals surface area contributed by atoms with Crippen LogP contribution >= 0.6 is 11.6 Å². The number of aromatic nitrogens is 3. The Morgan fingerprint density at radius 3 is 2.53 bits per heavy atom. The maximum atomic E-state index is 13.0. The molecule has 8 heteroatoms. The van der Waals surface area contributed by atoms with Gasteiger partial charge in [0.05, 0.1) is 11.0 Å². The molecule has 0 saturated carbocycles. The molecule has 0 bridgehead atoms. The van der Waals surface area contributed by atoms with Crippen molar-refractivity contribution in [3.63, 3.8) is 0 Å². The molecule has 2 aromatic carbocycles. The minimum atomic E-state index is -0.286. The number of nitrogens with one attached hydrogen (secondary N) is 1. The second kappa shape index (κ2) is 8.69. The van der Waals surface area contributed by atoms with Crippen molar-refractivity contribution in [3.8, 4) is 5.69 Å². The van der Waals surface area contributed by atoms with Crippen molar-refractivity contribution in [2.45, 2.75) is 13.3 Å². The number of carbonyl (C=O) groups excluding carboxylic acids is 1. The molecular formula is C22H22ClN5O2. The molecule has 0 unspecified atom stereocenters. The number of nitrogens with two attached hydrogens (primary N) is 1. The van der Waals surface area contributed by atoms with Gasteiger partial charge in [0.25, 0.3) is 5.91 Å². The van der Waals surface area contributed by atoms with Crippen molar-refractivity contribution < 1.29 is 9.53 Å². The van der Waals surface area contributed by atoms with E-state index in [0.717, 1.165) is 11.2 Å². The topological polar surface area (TPSA) is 95.1 Å². The van der Waals surface area contributed by atoms with E-state index >= 15 is 0 Å². The van der Waals surface area contributed by atoms with E-state index in [9.17, 15) is 4.79 Å². The predicted octanol–water partition coefficient (Wildman–Crippen LogP) is 3.97. The van der Waals surface area contributed by atoms with E-state index in [1.54, 1.807) is 16.7 Å². The zero-order chi connectivity index (χ0) is 21.1. The summed E-state index contributed by atoms with van der Waals surface area (Å²) in [6, 6.07) is 14.7. The van der Waals surface area contributed by atoms with E-state index in [-0.39, 0.29) is 11.7 Å². The van der Waals surface area contributed by atoms with Crippen LogP contribution in [0.5, 0.6) is 0 Å². The third-order valence-corrected chi connectivity index (χ3v) is 5.02. The lowest BCUT2D eigenvalue weighted by atomic mass is 10.2. The molecule has 7 nitrogen and oxygen atoms in total. The molecule has 3 N–H and O–H groups in total. The Morgan fingerprint density at radius 2 is 1.83 bits per heavy atom. The van der Waals surface area contributed by atoms with Crippen molar-refractivity contribution in [2.75, 3.05) is 25.5 Å². The summed E-state index contributed by atoms with van der Waals surface area (Å²) in [4.78, 5) is 22.5. The molecule has 30 heavy (non-hydrogen) atoms. The van der Waals surface area contributed by atoms with E-state index in [2.05, 4.69) is 5.32 Å². The van der Waals surface area contributed by atoms with Crippen molar-refractivity contribution in [1.82, 2.24) is 19.9 Å². The minimum Gasteiger partial charge on any atom is -0.384 e. The van der Waals surface area contributed by atoms with Gasteiger partial charge >= 0.3 is 0 Å². The maximum absolute atomic E-state index is 13.0. The first kappa shape index (κ1) is 20.1. The Kier molecular flexibility index (Phi) is 5.83. The first-order chi connectivity index (χ1) is 14.6. The Hall–Kier alpha value is -3.16. The smallest absolute Gasteiger partial charge is 0.257 e. The fourth-order valence-electron chi connectivity index (χ4n) is 3.35. The average Bonchev–Trinajstić information content (AvgIpc) is 3.03. The number of rotatable bonds is 7. The van der Waals surface area contributed by atoms with Gasteiger partial charge in [0.1, 0.15) is 16.9 Å². The monoisotopic (exact) mass is 423 g/mol. The van der Waals surface area contributed by atoms with Crippen LogP contribution in [0, 0.1) is 0 Å². The van der Waals surface area contributed by atoms with Crippen LogP contribution in [0.4, 0.5) is 5.82 Å². The van der Waals surface area contributed by atoms with Crippen LogP contribution in [0.3, 0.4) is 0 Å². The normalized spacial score (nSPS) is 11.3. The zero-order valence-electron chi connectivity index (χ0n) is 16.6. The molecule has 4 aromatic rings.